The minimum absolute atomic E-state index is 0.612. The minimum Gasteiger partial charge on any atom is -0.394 e. The highest BCUT2D eigenvalue weighted by Gasteiger charge is 2.48. The van der Waals surface area contributed by atoms with E-state index in [4.69, 9.17) is 30.2 Å². The molecular formula is C12H23NO10. The molecule has 10 atom stereocenters. The zero-order valence-corrected chi connectivity index (χ0v) is 12.1. The van der Waals surface area contributed by atoms with Crippen molar-refractivity contribution in [3.63, 3.8) is 0 Å². The Kier molecular flexibility index (Phi) is 6.27. The zero-order chi connectivity index (χ0) is 17.3. The molecule has 0 unspecified atom stereocenters. The minimum atomic E-state index is -1.67. The molecule has 2 fully saturated rings. The molecule has 136 valence electrons. The van der Waals surface area contributed by atoms with Crippen molar-refractivity contribution >= 4 is 0 Å². The van der Waals surface area contributed by atoms with Crippen LogP contribution in [0.5, 0.6) is 0 Å². The van der Waals surface area contributed by atoms with Crippen LogP contribution < -0.4 is 5.73 Å². The van der Waals surface area contributed by atoms with E-state index in [0.717, 1.165) is 0 Å². The highest BCUT2D eigenvalue weighted by Crippen LogP contribution is 2.27. The average Bonchev–Trinajstić information content (AvgIpc) is 2.55. The predicted octanol–water partition coefficient (Wildman–Crippen LogP) is -5.43. The molecule has 2 saturated heterocycles. The first-order valence-corrected chi connectivity index (χ1v) is 7.15. The Bertz CT molecular complexity index is 349. The van der Waals surface area contributed by atoms with Crippen LogP contribution in [-0.4, -0.2) is 110 Å². The third kappa shape index (κ3) is 3.65. The van der Waals surface area contributed by atoms with Gasteiger partial charge in [0.2, 0.25) is 0 Å². The fourth-order valence-corrected chi connectivity index (χ4v) is 2.54. The smallest absolute Gasteiger partial charge is 0.189 e. The van der Waals surface area contributed by atoms with E-state index in [2.05, 4.69) is 0 Å². The van der Waals surface area contributed by atoms with E-state index in [1.54, 1.807) is 0 Å². The van der Waals surface area contributed by atoms with Gasteiger partial charge in [-0.3, -0.25) is 0 Å². The number of aliphatic hydroxyl groups is 7. The second-order valence-corrected chi connectivity index (χ2v) is 5.62. The van der Waals surface area contributed by atoms with E-state index in [1.165, 1.54) is 0 Å². The second-order valence-electron chi connectivity index (χ2n) is 5.62. The fraction of sp³-hybridized carbons (Fsp3) is 1.00. The largest absolute Gasteiger partial charge is 0.394 e. The Hall–Kier alpha value is -0.440. The summed E-state index contributed by atoms with van der Waals surface area (Å²) in [6, 6.07) is -1.22. The number of rotatable bonds is 4. The number of ether oxygens (including phenoxy) is 3. The van der Waals surface area contributed by atoms with Gasteiger partial charge >= 0.3 is 0 Å². The summed E-state index contributed by atoms with van der Waals surface area (Å²) < 4.78 is 15.6. The Labute approximate surface area is 131 Å². The molecule has 2 aliphatic rings. The van der Waals surface area contributed by atoms with Crippen LogP contribution in [0.25, 0.3) is 0 Å². The van der Waals surface area contributed by atoms with E-state index >= 15 is 0 Å². The third-order valence-electron chi connectivity index (χ3n) is 4.05. The van der Waals surface area contributed by atoms with Gasteiger partial charge in [0.05, 0.1) is 19.3 Å². The van der Waals surface area contributed by atoms with Gasteiger partial charge < -0.3 is 55.7 Å². The summed E-state index contributed by atoms with van der Waals surface area (Å²) in [5.41, 5.74) is 5.68. The van der Waals surface area contributed by atoms with Crippen molar-refractivity contribution in [3.05, 3.63) is 0 Å². The van der Waals surface area contributed by atoms with Crippen LogP contribution in [-0.2, 0) is 14.2 Å². The Balaban J connectivity index is 2.07. The van der Waals surface area contributed by atoms with Crippen LogP contribution in [0.1, 0.15) is 0 Å². The van der Waals surface area contributed by atoms with E-state index in [0.29, 0.717) is 0 Å². The van der Waals surface area contributed by atoms with Gasteiger partial charge in [0, 0.05) is 0 Å². The maximum absolute atomic E-state index is 9.88. The van der Waals surface area contributed by atoms with Crippen molar-refractivity contribution in [2.45, 2.75) is 61.3 Å². The Morgan fingerprint density at radius 2 is 1.17 bits per heavy atom. The first-order valence-electron chi connectivity index (χ1n) is 7.15. The standard InChI is InChI=1S/C12H23NO10/c13-5-8(18)6(16)3(1-14)21-11(5)23-12-10(20)9(19)7(17)4(2-15)22-12/h3-12,14-20H,1-2,13H2/t3-,4-,5-,6-,7-,8-,9+,10+,11-,12-/m1/s1. The molecule has 9 N–H and O–H groups in total. The van der Waals surface area contributed by atoms with Crippen molar-refractivity contribution in [2.24, 2.45) is 5.73 Å². The molecule has 0 amide bonds. The molecule has 0 radical (unpaired) electrons. The summed E-state index contributed by atoms with van der Waals surface area (Å²) in [4.78, 5) is 0. The van der Waals surface area contributed by atoms with Crippen LogP contribution >= 0.6 is 0 Å². The number of nitrogens with two attached hydrogens (primary N) is 1. The molecule has 11 heteroatoms. The molecule has 0 aromatic carbocycles. The maximum atomic E-state index is 9.88. The van der Waals surface area contributed by atoms with Gasteiger partial charge in [-0.2, -0.15) is 0 Å². The zero-order valence-electron chi connectivity index (χ0n) is 12.1. The normalized spacial score (nSPS) is 51.7. The SMILES string of the molecule is N[C@H]1[C@@H](O[C@H]2O[C@H](CO)[C@@H](O)[C@H](O)[C@@H]2O)O[C@H](CO)[C@@H](O)[C@@H]1O. The molecule has 23 heavy (non-hydrogen) atoms. The molecule has 2 rings (SSSR count). The van der Waals surface area contributed by atoms with Gasteiger partial charge in [-0.1, -0.05) is 0 Å². The molecule has 11 nitrogen and oxygen atoms in total. The predicted molar refractivity (Wildman–Crippen MR) is 70.6 cm³/mol. The van der Waals surface area contributed by atoms with Gasteiger partial charge in [0.15, 0.2) is 12.6 Å². The van der Waals surface area contributed by atoms with Gasteiger partial charge in [-0.05, 0) is 0 Å². The molecule has 0 spiro atoms. The third-order valence-corrected chi connectivity index (χ3v) is 4.05. The van der Waals surface area contributed by atoms with E-state index < -0.39 is 74.6 Å². The monoisotopic (exact) mass is 341 g/mol. The second kappa shape index (κ2) is 7.63. The average molecular weight is 341 g/mol. The molecule has 0 aromatic heterocycles. The molecule has 0 bridgehead atoms. The van der Waals surface area contributed by atoms with Crippen molar-refractivity contribution in [3.8, 4) is 0 Å². The molecular weight excluding hydrogens is 318 g/mol. The highest BCUT2D eigenvalue weighted by molar-refractivity contribution is 4.93. The van der Waals surface area contributed by atoms with Gasteiger partial charge in [0.1, 0.15) is 42.7 Å². The first-order chi connectivity index (χ1) is 10.8. The molecule has 0 saturated carbocycles. The quantitative estimate of drug-likeness (QED) is 0.243. The maximum Gasteiger partial charge on any atom is 0.189 e. The lowest BCUT2D eigenvalue weighted by Crippen LogP contribution is -2.65. The summed E-state index contributed by atoms with van der Waals surface area (Å²) in [5.74, 6) is 0. The van der Waals surface area contributed by atoms with Crippen molar-refractivity contribution in [2.75, 3.05) is 13.2 Å². The topological polar surface area (TPSA) is 195 Å². The molecule has 2 aliphatic heterocycles. The van der Waals surface area contributed by atoms with E-state index in [9.17, 15) is 25.5 Å². The van der Waals surface area contributed by atoms with Crippen LogP contribution in [0.15, 0.2) is 0 Å². The van der Waals surface area contributed by atoms with E-state index in [1.807, 2.05) is 0 Å². The Morgan fingerprint density at radius 1 is 0.696 bits per heavy atom. The fourth-order valence-electron chi connectivity index (χ4n) is 2.54. The van der Waals surface area contributed by atoms with E-state index in [-0.39, 0.29) is 0 Å². The summed E-state index contributed by atoms with van der Waals surface area (Å²) in [6.07, 6.45) is -13.0. The lowest BCUT2D eigenvalue weighted by molar-refractivity contribution is -0.361. The Morgan fingerprint density at radius 3 is 1.70 bits per heavy atom. The molecule has 0 aromatic rings. The van der Waals surface area contributed by atoms with Gasteiger partial charge in [0.25, 0.3) is 0 Å². The van der Waals surface area contributed by atoms with Crippen LogP contribution in [0, 0.1) is 0 Å². The lowest BCUT2D eigenvalue weighted by atomic mass is 9.97. The lowest BCUT2D eigenvalue weighted by Gasteiger charge is -2.45. The summed E-state index contributed by atoms with van der Waals surface area (Å²) in [5, 5.41) is 67.0. The van der Waals surface area contributed by atoms with Gasteiger partial charge in [-0.25, -0.2) is 0 Å². The first kappa shape index (κ1) is 18.9. The summed E-state index contributed by atoms with van der Waals surface area (Å²) >= 11 is 0. The van der Waals surface area contributed by atoms with Crippen molar-refractivity contribution < 1.29 is 50.0 Å². The number of hydrogen-bond acceptors (Lipinski definition) is 11. The summed E-state index contributed by atoms with van der Waals surface area (Å²) in [6.45, 7) is -1.25. The van der Waals surface area contributed by atoms with Gasteiger partial charge in [-0.15, -0.1) is 0 Å². The highest BCUT2D eigenvalue weighted by atomic mass is 16.8. The molecule has 0 aliphatic carbocycles. The number of hydrogen-bond donors (Lipinski definition) is 8. The van der Waals surface area contributed by atoms with Crippen LogP contribution in [0.4, 0.5) is 0 Å². The van der Waals surface area contributed by atoms with Crippen molar-refractivity contribution in [1.29, 1.82) is 0 Å². The van der Waals surface area contributed by atoms with Crippen LogP contribution in [0.2, 0.25) is 0 Å². The van der Waals surface area contributed by atoms with Crippen LogP contribution in [0.3, 0.4) is 0 Å². The van der Waals surface area contributed by atoms with Crippen molar-refractivity contribution in [1.82, 2.24) is 0 Å². The summed E-state index contributed by atoms with van der Waals surface area (Å²) in [7, 11) is 0. The molecule has 2 heterocycles. The number of aliphatic hydroxyl groups excluding tert-OH is 7.